The Labute approximate surface area is 178 Å². The summed E-state index contributed by atoms with van der Waals surface area (Å²) in [5, 5.41) is 5.48. The van der Waals surface area contributed by atoms with Crippen LogP contribution in [0, 0.1) is 6.92 Å². The number of amides is 2. The molecule has 0 aliphatic heterocycles. The number of anilines is 2. The molecular weight excluding hydrogens is 392 g/mol. The average Bonchev–Trinajstić information content (AvgIpc) is 2.80. The lowest BCUT2D eigenvalue weighted by atomic mass is 10.1. The largest absolute Gasteiger partial charge is 0.322 e. The monoisotopic (exact) mass is 410 g/mol. The van der Waals surface area contributed by atoms with E-state index >= 15 is 0 Å². The first-order valence-electron chi connectivity index (χ1n) is 9.50. The number of carbonyl (C=O) groups is 2. The maximum absolute atomic E-state index is 12.6. The number of aromatic nitrogens is 4. The van der Waals surface area contributed by atoms with Crippen molar-refractivity contribution < 1.29 is 9.59 Å². The van der Waals surface area contributed by atoms with E-state index in [2.05, 4.69) is 30.6 Å². The summed E-state index contributed by atoms with van der Waals surface area (Å²) in [6, 6.07) is 20.9. The van der Waals surface area contributed by atoms with Crippen LogP contribution >= 0.6 is 0 Å². The van der Waals surface area contributed by atoms with Gasteiger partial charge in [0, 0.05) is 23.0 Å². The van der Waals surface area contributed by atoms with Gasteiger partial charge >= 0.3 is 0 Å². The van der Waals surface area contributed by atoms with Crippen molar-refractivity contribution in [2.45, 2.75) is 6.92 Å². The summed E-state index contributed by atoms with van der Waals surface area (Å²) in [5.41, 5.74) is 2.12. The molecule has 152 valence electrons. The van der Waals surface area contributed by atoms with E-state index in [-0.39, 0.29) is 17.8 Å². The Morgan fingerprint density at radius 1 is 0.710 bits per heavy atom. The van der Waals surface area contributed by atoms with E-state index in [0.29, 0.717) is 34.2 Å². The number of rotatable bonds is 5. The van der Waals surface area contributed by atoms with E-state index in [1.165, 1.54) is 0 Å². The number of aryl methyl sites for hydroxylation is 1. The lowest BCUT2D eigenvalue weighted by Gasteiger charge is -2.08. The fourth-order valence-electron chi connectivity index (χ4n) is 2.82. The molecule has 31 heavy (non-hydrogen) atoms. The van der Waals surface area contributed by atoms with Crippen molar-refractivity contribution in [2.24, 2.45) is 0 Å². The van der Waals surface area contributed by atoms with Crippen LogP contribution in [0.2, 0.25) is 0 Å². The Bertz CT molecular complexity index is 1210. The molecule has 2 amide bonds. The van der Waals surface area contributed by atoms with Crippen molar-refractivity contribution >= 4 is 23.5 Å². The smallest absolute Gasteiger partial charge is 0.258 e. The van der Waals surface area contributed by atoms with Gasteiger partial charge in [0.15, 0.2) is 5.82 Å². The minimum atomic E-state index is -0.376. The van der Waals surface area contributed by atoms with Crippen molar-refractivity contribution in [1.82, 2.24) is 19.9 Å². The van der Waals surface area contributed by atoms with E-state index in [4.69, 9.17) is 0 Å². The Morgan fingerprint density at radius 2 is 1.39 bits per heavy atom. The van der Waals surface area contributed by atoms with Crippen LogP contribution in [0.4, 0.5) is 11.6 Å². The summed E-state index contributed by atoms with van der Waals surface area (Å²) in [5.74, 6) is 0.380. The number of carbonyl (C=O) groups excluding carboxylic acids is 2. The van der Waals surface area contributed by atoms with Gasteiger partial charge < -0.3 is 5.32 Å². The van der Waals surface area contributed by atoms with Crippen molar-refractivity contribution in [1.29, 1.82) is 0 Å². The van der Waals surface area contributed by atoms with Crippen LogP contribution in [0.25, 0.3) is 11.5 Å². The van der Waals surface area contributed by atoms with Crippen molar-refractivity contribution in [3.05, 3.63) is 95.9 Å². The molecule has 0 spiro atoms. The fraction of sp³-hybridized carbons (Fsp3) is 0.0435. The van der Waals surface area contributed by atoms with Gasteiger partial charge in [-0.3, -0.25) is 19.9 Å². The molecule has 0 bridgehead atoms. The van der Waals surface area contributed by atoms with Crippen LogP contribution in [-0.2, 0) is 0 Å². The Balaban J connectivity index is 1.46. The second kappa shape index (κ2) is 8.91. The number of pyridine rings is 1. The number of nitrogens with one attached hydrogen (secondary N) is 2. The van der Waals surface area contributed by atoms with Crippen LogP contribution in [0.5, 0.6) is 0 Å². The molecule has 2 heterocycles. The highest BCUT2D eigenvalue weighted by molar-refractivity contribution is 6.05. The van der Waals surface area contributed by atoms with E-state index < -0.39 is 0 Å². The van der Waals surface area contributed by atoms with Gasteiger partial charge in [0.05, 0.1) is 0 Å². The topological polar surface area (TPSA) is 110 Å². The molecule has 0 aliphatic carbocycles. The van der Waals surface area contributed by atoms with Crippen LogP contribution in [0.3, 0.4) is 0 Å². The Kier molecular flexibility index (Phi) is 5.70. The molecule has 0 fully saturated rings. The van der Waals surface area contributed by atoms with Gasteiger partial charge in [0.25, 0.3) is 11.8 Å². The summed E-state index contributed by atoms with van der Waals surface area (Å²) in [7, 11) is 0. The number of hydrogen-bond acceptors (Lipinski definition) is 6. The summed E-state index contributed by atoms with van der Waals surface area (Å²) >= 11 is 0. The molecule has 2 N–H and O–H groups in total. The molecule has 8 heteroatoms. The third-order valence-corrected chi connectivity index (χ3v) is 4.31. The molecular formula is C23H18N6O2. The summed E-state index contributed by atoms with van der Waals surface area (Å²) in [4.78, 5) is 41.8. The molecule has 0 saturated heterocycles. The zero-order chi connectivity index (χ0) is 21.6. The molecule has 2 aromatic heterocycles. The average molecular weight is 410 g/mol. The Morgan fingerprint density at radius 3 is 2.10 bits per heavy atom. The third-order valence-electron chi connectivity index (χ3n) is 4.31. The normalized spacial score (nSPS) is 10.4. The van der Waals surface area contributed by atoms with Gasteiger partial charge in [-0.05, 0) is 55.5 Å². The zero-order valence-electron chi connectivity index (χ0n) is 16.6. The molecule has 0 aliphatic rings. The van der Waals surface area contributed by atoms with Crippen molar-refractivity contribution in [3.8, 4) is 11.5 Å². The molecule has 8 nitrogen and oxygen atoms in total. The second-order valence-corrected chi connectivity index (χ2v) is 6.60. The molecule has 4 rings (SSSR count). The summed E-state index contributed by atoms with van der Waals surface area (Å²) in [6.45, 7) is 1.72. The van der Waals surface area contributed by atoms with Gasteiger partial charge in [0.2, 0.25) is 5.95 Å². The van der Waals surface area contributed by atoms with Gasteiger partial charge in [-0.25, -0.2) is 4.98 Å². The van der Waals surface area contributed by atoms with Crippen molar-refractivity contribution in [3.63, 3.8) is 0 Å². The van der Waals surface area contributed by atoms with Crippen LogP contribution < -0.4 is 10.6 Å². The number of benzene rings is 2. The predicted octanol–water partition coefficient (Wildman–Crippen LogP) is 3.75. The highest BCUT2D eigenvalue weighted by Crippen LogP contribution is 2.15. The van der Waals surface area contributed by atoms with Crippen LogP contribution in [-0.4, -0.2) is 31.8 Å². The molecule has 0 radical (unpaired) electrons. The zero-order valence-corrected chi connectivity index (χ0v) is 16.6. The quantitative estimate of drug-likeness (QED) is 0.519. The fourth-order valence-corrected chi connectivity index (χ4v) is 2.82. The van der Waals surface area contributed by atoms with Gasteiger partial charge in [-0.2, -0.15) is 9.97 Å². The highest BCUT2D eigenvalue weighted by Gasteiger charge is 2.12. The minimum Gasteiger partial charge on any atom is -0.322 e. The van der Waals surface area contributed by atoms with E-state index in [0.717, 1.165) is 0 Å². The standard InChI is InChI=1S/C23H18N6O2/c1-15-25-20(19-9-5-6-14-24-19)28-23(26-15)29-22(31)17-10-12-18(13-11-17)27-21(30)16-7-3-2-4-8-16/h2-14H,1H3,(H,27,30)(H,25,26,28,29,31). The van der Waals surface area contributed by atoms with Gasteiger partial charge in [0.1, 0.15) is 11.5 Å². The number of hydrogen-bond donors (Lipinski definition) is 2. The van der Waals surface area contributed by atoms with Crippen LogP contribution in [0.15, 0.2) is 79.0 Å². The first kappa shape index (κ1) is 19.8. The Hall–Kier alpha value is -4.46. The van der Waals surface area contributed by atoms with Crippen molar-refractivity contribution in [2.75, 3.05) is 10.6 Å². The van der Waals surface area contributed by atoms with Gasteiger partial charge in [-0.15, -0.1) is 0 Å². The van der Waals surface area contributed by atoms with E-state index in [9.17, 15) is 9.59 Å². The lowest BCUT2D eigenvalue weighted by Crippen LogP contribution is -2.16. The molecule has 4 aromatic rings. The highest BCUT2D eigenvalue weighted by atomic mass is 16.2. The third kappa shape index (κ3) is 4.94. The first-order chi connectivity index (χ1) is 15.1. The van der Waals surface area contributed by atoms with E-state index in [1.54, 1.807) is 73.8 Å². The predicted molar refractivity (Wildman–Crippen MR) is 117 cm³/mol. The lowest BCUT2D eigenvalue weighted by molar-refractivity contribution is 0.101. The number of nitrogens with zero attached hydrogens (tertiary/aromatic N) is 4. The molecule has 0 atom stereocenters. The minimum absolute atomic E-state index is 0.139. The molecule has 2 aromatic carbocycles. The maximum Gasteiger partial charge on any atom is 0.258 e. The van der Waals surface area contributed by atoms with Gasteiger partial charge in [-0.1, -0.05) is 24.3 Å². The molecule has 0 saturated carbocycles. The summed E-state index contributed by atoms with van der Waals surface area (Å²) in [6.07, 6.45) is 1.64. The van der Waals surface area contributed by atoms with Crippen LogP contribution in [0.1, 0.15) is 26.5 Å². The second-order valence-electron chi connectivity index (χ2n) is 6.60. The maximum atomic E-state index is 12.6. The SMILES string of the molecule is Cc1nc(NC(=O)c2ccc(NC(=O)c3ccccc3)cc2)nc(-c2ccccn2)n1. The van der Waals surface area contributed by atoms with E-state index in [1.807, 2.05) is 12.1 Å². The first-order valence-corrected chi connectivity index (χ1v) is 9.50. The summed E-state index contributed by atoms with van der Waals surface area (Å²) < 4.78 is 0. The molecule has 0 unspecified atom stereocenters.